The second-order valence-corrected chi connectivity index (χ2v) is 5.55. The topological polar surface area (TPSA) is 72.8 Å². The largest absolute Gasteiger partial charge is 0.379 e. The summed E-state index contributed by atoms with van der Waals surface area (Å²) in [6.07, 6.45) is 3.01. The number of isocyanates is 1. The molecule has 21 heavy (non-hydrogen) atoms. The monoisotopic (exact) mass is 301 g/mol. The van der Waals surface area contributed by atoms with Gasteiger partial charge in [-0.3, -0.25) is 0 Å². The molecule has 0 radical (unpaired) electrons. The summed E-state index contributed by atoms with van der Waals surface area (Å²) in [7, 11) is -3.91. The Kier molecular flexibility index (Phi) is 4.33. The smallest absolute Gasteiger partial charge is 0.339 e. The fourth-order valence-corrected chi connectivity index (χ4v) is 2.50. The molecule has 2 aromatic carbocycles. The molecular formula is C15H11NO4S. The van der Waals surface area contributed by atoms with Crippen molar-refractivity contribution in [2.45, 2.75) is 4.90 Å². The molecule has 0 aliphatic rings. The third-order valence-electron chi connectivity index (χ3n) is 2.62. The van der Waals surface area contributed by atoms with Crippen molar-refractivity contribution in [3.05, 3.63) is 60.7 Å². The molecule has 2 rings (SSSR count). The molecule has 0 atom stereocenters. The van der Waals surface area contributed by atoms with E-state index in [0.29, 0.717) is 5.69 Å². The van der Waals surface area contributed by atoms with Gasteiger partial charge >= 0.3 is 10.1 Å². The minimum Gasteiger partial charge on any atom is -0.379 e. The first-order valence-electron chi connectivity index (χ1n) is 5.90. The van der Waals surface area contributed by atoms with Gasteiger partial charge in [0.15, 0.2) is 0 Å². The molecule has 6 heteroatoms. The summed E-state index contributed by atoms with van der Waals surface area (Å²) in [5, 5.41) is 0. The Hall–Kier alpha value is -2.69. The summed E-state index contributed by atoms with van der Waals surface area (Å²) in [6, 6.07) is 11.9. The van der Waals surface area contributed by atoms with Crippen molar-refractivity contribution < 1.29 is 17.4 Å². The lowest BCUT2D eigenvalue weighted by molar-refractivity contribution is 0.486. The van der Waals surface area contributed by atoms with E-state index >= 15 is 0 Å². The summed E-state index contributed by atoms with van der Waals surface area (Å²) in [4.78, 5) is 13.5. The average molecular weight is 301 g/mol. The van der Waals surface area contributed by atoms with Gasteiger partial charge in [0.2, 0.25) is 6.08 Å². The zero-order chi connectivity index (χ0) is 15.3. The number of carbonyl (C=O) groups excluding carboxylic acids is 1. The lowest BCUT2D eigenvalue weighted by atomic mass is 10.2. The van der Waals surface area contributed by atoms with E-state index in [0.717, 1.165) is 5.56 Å². The molecule has 5 nitrogen and oxygen atoms in total. The zero-order valence-corrected chi connectivity index (χ0v) is 11.7. The van der Waals surface area contributed by atoms with Crippen molar-refractivity contribution in [3.63, 3.8) is 0 Å². The number of hydrogen-bond acceptors (Lipinski definition) is 5. The Bertz CT molecular complexity index is 787. The van der Waals surface area contributed by atoms with Gasteiger partial charge in [-0.25, -0.2) is 4.79 Å². The Morgan fingerprint density at radius 1 is 1.05 bits per heavy atom. The van der Waals surface area contributed by atoms with Gasteiger partial charge in [0.25, 0.3) is 0 Å². The predicted molar refractivity (Wildman–Crippen MR) is 78.6 cm³/mol. The maximum absolute atomic E-state index is 12.1. The first-order valence-corrected chi connectivity index (χ1v) is 7.31. The van der Waals surface area contributed by atoms with Crippen LogP contribution in [0.25, 0.3) is 6.08 Å². The van der Waals surface area contributed by atoms with Gasteiger partial charge in [0.1, 0.15) is 10.6 Å². The highest BCUT2D eigenvalue weighted by Gasteiger charge is 2.16. The molecule has 0 heterocycles. The molecule has 0 aromatic heterocycles. The van der Waals surface area contributed by atoms with E-state index < -0.39 is 10.1 Å². The number of nitrogens with zero attached hydrogens (tertiary/aromatic N) is 1. The van der Waals surface area contributed by atoms with Crippen LogP contribution in [0.4, 0.5) is 5.69 Å². The maximum atomic E-state index is 12.1. The van der Waals surface area contributed by atoms with E-state index in [9.17, 15) is 13.2 Å². The quantitative estimate of drug-likeness (QED) is 0.483. The SMILES string of the molecule is C=Cc1ccc(S(=O)(=O)Oc2ccc(N=C=O)cc2)cc1. The number of aliphatic imine (C=N–C) groups is 1. The third-order valence-corrected chi connectivity index (χ3v) is 3.88. The summed E-state index contributed by atoms with van der Waals surface area (Å²) >= 11 is 0. The minimum atomic E-state index is -3.91. The predicted octanol–water partition coefficient (Wildman–Crippen LogP) is 3.06. The maximum Gasteiger partial charge on any atom is 0.339 e. The van der Waals surface area contributed by atoms with Crippen molar-refractivity contribution in [2.24, 2.45) is 4.99 Å². The summed E-state index contributed by atoms with van der Waals surface area (Å²) < 4.78 is 29.2. The van der Waals surface area contributed by atoms with Gasteiger partial charge in [0.05, 0.1) is 5.69 Å². The van der Waals surface area contributed by atoms with Gasteiger partial charge < -0.3 is 4.18 Å². The molecule has 0 N–H and O–H groups in total. The minimum absolute atomic E-state index is 0.0445. The van der Waals surface area contributed by atoms with E-state index in [2.05, 4.69) is 11.6 Å². The highest BCUT2D eigenvalue weighted by Crippen LogP contribution is 2.22. The van der Waals surface area contributed by atoms with E-state index in [1.807, 2.05) is 0 Å². The molecular weight excluding hydrogens is 290 g/mol. The van der Waals surface area contributed by atoms with Gasteiger partial charge in [-0.15, -0.1) is 0 Å². The van der Waals surface area contributed by atoms with Crippen LogP contribution in [-0.4, -0.2) is 14.5 Å². The van der Waals surface area contributed by atoms with E-state index in [-0.39, 0.29) is 10.6 Å². The highest BCUT2D eigenvalue weighted by molar-refractivity contribution is 7.87. The van der Waals surface area contributed by atoms with Gasteiger partial charge in [-0.1, -0.05) is 24.8 Å². The van der Waals surface area contributed by atoms with Crippen LogP contribution in [-0.2, 0) is 14.9 Å². The average Bonchev–Trinajstić information content (AvgIpc) is 2.49. The summed E-state index contributed by atoms with van der Waals surface area (Å²) in [5.41, 5.74) is 1.18. The van der Waals surface area contributed by atoms with Gasteiger partial charge in [0, 0.05) is 0 Å². The van der Waals surface area contributed by atoms with Crippen molar-refractivity contribution in [1.82, 2.24) is 0 Å². The normalized spacial score (nSPS) is 10.5. The van der Waals surface area contributed by atoms with Crippen LogP contribution in [0.2, 0.25) is 0 Å². The Morgan fingerprint density at radius 3 is 2.19 bits per heavy atom. The molecule has 0 bridgehead atoms. The van der Waals surface area contributed by atoms with Crippen LogP contribution in [0.5, 0.6) is 5.75 Å². The number of benzene rings is 2. The molecule has 0 aliphatic carbocycles. The Morgan fingerprint density at radius 2 is 1.67 bits per heavy atom. The van der Waals surface area contributed by atoms with Crippen LogP contribution in [0, 0.1) is 0 Å². The van der Waals surface area contributed by atoms with Crippen molar-refractivity contribution >= 4 is 28.0 Å². The van der Waals surface area contributed by atoms with Crippen LogP contribution in [0.15, 0.2) is 65.0 Å². The molecule has 0 amide bonds. The first kappa shape index (κ1) is 14.7. The van der Waals surface area contributed by atoms with Crippen LogP contribution >= 0.6 is 0 Å². The molecule has 0 fully saturated rings. The molecule has 0 spiro atoms. The van der Waals surface area contributed by atoms with Crippen molar-refractivity contribution in [1.29, 1.82) is 0 Å². The van der Waals surface area contributed by atoms with Crippen LogP contribution in [0.1, 0.15) is 5.56 Å². The van der Waals surface area contributed by atoms with Gasteiger partial charge in [-0.2, -0.15) is 13.4 Å². The summed E-state index contributed by atoms with van der Waals surface area (Å²) in [6.45, 7) is 3.60. The van der Waals surface area contributed by atoms with Gasteiger partial charge in [-0.05, 0) is 42.0 Å². The van der Waals surface area contributed by atoms with Crippen LogP contribution in [0.3, 0.4) is 0 Å². The molecule has 2 aromatic rings. The Labute approximate surface area is 122 Å². The molecule has 0 unspecified atom stereocenters. The molecule has 106 valence electrons. The molecule has 0 aliphatic heterocycles. The standard InChI is InChI=1S/C15H11NO4S/c1-2-12-3-9-15(10-4-12)21(18,19)20-14-7-5-13(6-8-14)16-11-17/h2-10H,1H2. The first-order chi connectivity index (χ1) is 10.0. The third kappa shape index (κ3) is 3.66. The lowest BCUT2D eigenvalue weighted by Crippen LogP contribution is -2.09. The fraction of sp³-hybridized carbons (Fsp3) is 0. The second kappa shape index (κ2) is 6.17. The molecule has 0 saturated carbocycles. The fourth-order valence-electron chi connectivity index (χ4n) is 1.57. The van der Waals surface area contributed by atoms with Crippen molar-refractivity contribution in [3.8, 4) is 5.75 Å². The zero-order valence-electron chi connectivity index (χ0n) is 10.9. The molecule has 0 saturated heterocycles. The number of hydrogen-bond donors (Lipinski definition) is 0. The second-order valence-electron chi connectivity index (χ2n) is 4.01. The van der Waals surface area contributed by atoms with E-state index in [1.54, 1.807) is 18.2 Å². The number of rotatable bonds is 5. The van der Waals surface area contributed by atoms with Crippen LogP contribution < -0.4 is 4.18 Å². The van der Waals surface area contributed by atoms with Crippen molar-refractivity contribution in [2.75, 3.05) is 0 Å². The van der Waals surface area contributed by atoms with E-state index in [1.165, 1.54) is 42.5 Å². The van der Waals surface area contributed by atoms with E-state index in [4.69, 9.17) is 4.18 Å². The summed E-state index contributed by atoms with van der Waals surface area (Å²) in [5.74, 6) is 0.132. The highest BCUT2D eigenvalue weighted by atomic mass is 32.2. The Balaban J connectivity index is 2.23. The lowest BCUT2D eigenvalue weighted by Gasteiger charge is -2.07.